The van der Waals surface area contributed by atoms with E-state index in [0.717, 1.165) is 18.5 Å². The molecule has 3 heteroatoms. The van der Waals surface area contributed by atoms with Gasteiger partial charge in [-0.05, 0) is 24.4 Å². The van der Waals surface area contributed by atoms with Gasteiger partial charge in [0.15, 0.2) is 0 Å². The zero-order chi connectivity index (χ0) is 13.4. The van der Waals surface area contributed by atoms with Gasteiger partial charge in [-0.25, -0.2) is 0 Å². The van der Waals surface area contributed by atoms with Crippen LogP contribution in [0.3, 0.4) is 0 Å². The summed E-state index contributed by atoms with van der Waals surface area (Å²) in [6.45, 7) is 5.94. The van der Waals surface area contributed by atoms with Crippen LogP contribution in [0, 0.1) is 5.92 Å². The molecule has 1 unspecified atom stereocenters. The Morgan fingerprint density at radius 1 is 1.28 bits per heavy atom. The summed E-state index contributed by atoms with van der Waals surface area (Å²) >= 11 is 0. The Hall–Kier alpha value is -1.35. The highest BCUT2D eigenvalue weighted by Crippen LogP contribution is 2.16. The minimum atomic E-state index is -0.219. The quantitative estimate of drug-likeness (QED) is 0.596. The molecule has 0 fully saturated rings. The van der Waals surface area contributed by atoms with Crippen molar-refractivity contribution in [1.82, 2.24) is 5.32 Å². The summed E-state index contributed by atoms with van der Waals surface area (Å²) in [5.74, 6) is 0.271. The SMILES string of the molecule is COC(=O)C(CNCCC(C)C)c1ccccc1. The summed E-state index contributed by atoms with van der Waals surface area (Å²) in [6.07, 6.45) is 1.11. The fourth-order valence-corrected chi connectivity index (χ4v) is 1.80. The van der Waals surface area contributed by atoms with E-state index in [9.17, 15) is 4.79 Å². The Morgan fingerprint density at radius 2 is 1.94 bits per heavy atom. The van der Waals surface area contributed by atoms with Crippen LogP contribution in [0.25, 0.3) is 0 Å². The van der Waals surface area contributed by atoms with E-state index in [1.165, 1.54) is 7.11 Å². The molecule has 0 aromatic heterocycles. The van der Waals surface area contributed by atoms with Crippen LogP contribution in [-0.4, -0.2) is 26.2 Å². The van der Waals surface area contributed by atoms with Gasteiger partial charge in [0.2, 0.25) is 0 Å². The van der Waals surface area contributed by atoms with Gasteiger partial charge in [-0.2, -0.15) is 0 Å². The smallest absolute Gasteiger partial charge is 0.314 e. The third-order valence-electron chi connectivity index (χ3n) is 2.93. The number of methoxy groups -OCH3 is 1. The topological polar surface area (TPSA) is 38.3 Å². The number of nitrogens with one attached hydrogen (secondary N) is 1. The van der Waals surface area contributed by atoms with Gasteiger partial charge in [0.05, 0.1) is 13.0 Å². The average molecular weight is 249 g/mol. The molecule has 0 spiro atoms. The maximum Gasteiger partial charge on any atom is 0.314 e. The highest BCUT2D eigenvalue weighted by molar-refractivity contribution is 5.78. The largest absolute Gasteiger partial charge is 0.469 e. The molecule has 0 saturated heterocycles. The average Bonchev–Trinajstić information content (AvgIpc) is 2.38. The van der Waals surface area contributed by atoms with Gasteiger partial charge in [0.1, 0.15) is 0 Å². The van der Waals surface area contributed by atoms with Crippen LogP contribution in [0.15, 0.2) is 30.3 Å². The van der Waals surface area contributed by atoms with Crippen molar-refractivity contribution >= 4 is 5.97 Å². The molecule has 1 aromatic carbocycles. The predicted octanol–water partition coefficient (Wildman–Crippen LogP) is 2.58. The summed E-state index contributed by atoms with van der Waals surface area (Å²) in [5, 5.41) is 3.33. The monoisotopic (exact) mass is 249 g/mol. The van der Waals surface area contributed by atoms with Crippen LogP contribution >= 0.6 is 0 Å². The number of carbonyl (C=O) groups is 1. The number of carbonyl (C=O) groups excluding carboxylic acids is 1. The van der Waals surface area contributed by atoms with E-state index in [-0.39, 0.29) is 11.9 Å². The highest BCUT2D eigenvalue weighted by Gasteiger charge is 2.20. The molecule has 1 rings (SSSR count). The maximum atomic E-state index is 11.8. The van der Waals surface area contributed by atoms with E-state index in [1.54, 1.807) is 0 Å². The lowest BCUT2D eigenvalue weighted by Gasteiger charge is -2.16. The van der Waals surface area contributed by atoms with Crippen molar-refractivity contribution in [3.63, 3.8) is 0 Å². The lowest BCUT2D eigenvalue weighted by atomic mass is 9.99. The van der Waals surface area contributed by atoms with Crippen LogP contribution < -0.4 is 5.32 Å². The first-order valence-corrected chi connectivity index (χ1v) is 6.48. The summed E-state index contributed by atoms with van der Waals surface area (Å²) < 4.78 is 4.87. The van der Waals surface area contributed by atoms with E-state index in [1.807, 2.05) is 30.3 Å². The van der Waals surface area contributed by atoms with Gasteiger partial charge in [-0.3, -0.25) is 4.79 Å². The van der Waals surface area contributed by atoms with E-state index in [4.69, 9.17) is 4.74 Å². The molecular formula is C15H23NO2. The van der Waals surface area contributed by atoms with Gasteiger partial charge in [0.25, 0.3) is 0 Å². The van der Waals surface area contributed by atoms with Crippen LogP contribution in [0.1, 0.15) is 31.7 Å². The number of ether oxygens (including phenoxy) is 1. The Morgan fingerprint density at radius 3 is 2.50 bits per heavy atom. The molecule has 0 saturated carbocycles. The molecule has 0 heterocycles. The zero-order valence-corrected chi connectivity index (χ0v) is 11.5. The normalized spacial score (nSPS) is 12.4. The van der Waals surface area contributed by atoms with E-state index in [2.05, 4.69) is 19.2 Å². The van der Waals surface area contributed by atoms with Crippen LogP contribution in [0.2, 0.25) is 0 Å². The zero-order valence-electron chi connectivity index (χ0n) is 11.5. The Labute approximate surface area is 110 Å². The van der Waals surface area contributed by atoms with Crippen molar-refractivity contribution in [1.29, 1.82) is 0 Å². The number of rotatable bonds is 7. The minimum Gasteiger partial charge on any atom is -0.469 e. The van der Waals surface area contributed by atoms with Crippen molar-refractivity contribution in [2.45, 2.75) is 26.2 Å². The summed E-state index contributed by atoms with van der Waals surface area (Å²) in [5.41, 5.74) is 1.00. The second-order valence-corrected chi connectivity index (χ2v) is 4.87. The van der Waals surface area contributed by atoms with E-state index < -0.39 is 0 Å². The summed E-state index contributed by atoms with van der Waals surface area (Å²) in [6, 6.07) is 9.76. The van der Waals surface area contributed by atoms with E-state index in [0.29, 0.717) is 12.5 Å². The summed E-state index contributed by atoms with van der Waals surface area (Å²) in [7, 11) is 1.44. The molecule has 1 atom stereocenters. The molecular weight excluding hydrogens is 226 g/mol. The fraction of sp³-hybridized carbons (Fsp3) is 0.533. The first kappa shape index (κ1) is 14.7. The molecule has 1 N–H and O–H groups in total. The van der Waals surface area contributed by atoms with Gasteiger partial charge in [0, 0.05) is 6.54 Å². The molecule has 1 aromatic rings. The summed E-state index contributed by atoms with van der Waals surface area (Å²) in [4.78, 5) is 11.8. The Balaban J connectivity index is 2.55. The Bertz CT molecular complexity index is 349. The lowest BCUT2D eigenvalue weighted by Crippen LogP contribution is -2.29. The van der Waals surface area contributed by atoms with Crippen molar-refractivity contribution in [3.05, 3.63) is 35.9 Å². The van der Waals surface area contributed by atoms with Crippen molar-refractivity contribution in [3.8, 4) is 0 Å². The molecule has 0 radical (unpaired) electrons. The van der Waals surface area contributed by atoms with Crippen LogP contribution in [0.5, 0.6) is 0 Å². The second-order valence-electron chi connectivity index (χ2n) is 4.87. The third kappa shape index (κ3) is 4.88. The number of hydrogen-bond donors (Lipinski definition) is 1. The minimum absolute atomic E-state index is 0.182. The first-order chi connectivity index (χ1) is 8.65. The maximum absolute atomic E-state index is 11.8. The first-order valence-electron chi connectivity index (χ1n) is 6.48. The standard InChI is InChI=1S/C15H23NO2/c1-12(2)9-10-16-11-14(15(17)18-3)13-7-5-4-6-8-13/h4-8,12,14,16H,9-11H2,1-3H3. The molecule has 0 bridgehead atoms. The number of hydrogen-bond acceptors (Lipinski definition) is 3. The van der Waals surface area contributed by atoms with Gasteiger partial charge < -0.3 is 10.1 Å². The fourth-order valence-electron chi connectivity index (χ4n) is 1.80. The van der Waals surface area contributed by atoms with Gasteiger partial charge in [-0.1, -0.05) is 44.2 Å². The number of esters is 1. The van der Waals surface area contributed by atoms with Crippen LogP contribution in [0.4, 0.5) is 0 Å². The molecule has 0 aliphatic heterocycles. The van der Waals surface area contributed by atoms with Crippen molar-refractivity contribution in [2.75, 3.05) is 20.2 Å². The lowest BCUT2D eigenvalue weighted by molar-refractivity contribution is -0.142. The van der Waals surface area contributed by atoms with Gasteiger partial charge >= 0.3 is 5.97 Å². The molecule has 0 aliphatic rings. The van der Waals surface area contributed by atoms with Crippen LogP contribution in [-0.2, 0) is 9.53 Å². The highest BCUT2D eigenvalue weighted by atomic mass is 16.5. The second kappa shape index (κ2) is 7.88. The van der Waals surface area contributed by atoms with Crippen molar-refractivity contribution < 1.29 is 9.53 Å². The van der Waals surface area contributed by atoms with E-state index >= 15 is 0 Å². The predicted molar refractivity (Wildman–Crippen MR) is 73.5 cm³/mol. The molecule has 18 heavy (non-hydrogen) atoms. The van der Waals surface area contributed by atoms with Crippen molar-refractivity contribution in [2.24, 2.45) is 5.92 Å². The Kier molecular flexibility index (Phi) is 6.44. The molecule has 0 amide bonds. The molecule has 100 valence electrons. The third-order valence-corrected chi connectivity index (χ3v) is 2.93. The molecule has 3 nitrogen and oxygen atoms in total. The molecule has 0 aliphatic carbocycles. The number of benzene rings is 1. The van der Waals surface area contributed by atoms with Gasteiger partial charge in [-0.15, -0.1) is 0 Å².